The van der Waals surface area contributed by atoms with Gasteiger partial charge in [-0.25, -0.2) is 9.36 Å². The van der Waals surface area contributed by atoms with Crippen molar-refractivity contribution in [1.82, 2.24) is 14.3 Å². The summed E-state index contributed by atoms with van der Waals surface area (Å²) < 4.78 is 15.3. The summed E-state index contributed by atoms with van der Waals surface area (Å²) in [5.41, 5.74) is 1.60. The summed E-state index contributed by atoms with van der Waals surface area (Å²) in [7, 11) is 0. The molecule has 0 saturated heterocycles. The van der Waals surface area contributed by atoms with Gasteiger partial charge in [0, 0.05) is 6.20 Å². The predicted molar refractivity (Wildman–Crippen MR) is 144 cm³/mol. The zero-order chi connectivity index (χ0) is 24.8. The van der Waals surface area contributed by atoms with E-state index in [-0.39, 0.29) is 5.56 Å². The Hall–Kier alpha value is -3.80. The highest BCUT2D eigenvalue weighted by molar-refractivity contribution is 5.40. The molecule has 4 rings (SSSR count). The van der Waals surface area contributed by atoms with Gasteiger partial charge in [-0.05, 0) is 49.2 Å². The number of hydrogen-bond acceptors (Lipinski definition) is 4. The summed E-state index contributed by atoms with van der Waals surface area (Å²) in [5.74, 6) is 1.42. The third-order valence-corrected chi connectivity index (χ3v) is 6.06. The maximum atomic E-state index is 12.9. The summed E-state index contributed by atoms with van der Waals surface area (Å²) in [4.78, 5) is 16.9. The Morgan fingerprint density at radius 3 is 1.75 bits per heavy atom. The van der Waals surface area contributed by atoms with Crippen molar-refractivity contribution in [2.24, 2.45) is 0 Å². The highest BCUT2D eigenvalue weighted by atomic mass is 16.5. The number of nitrogens with zero attached hydrogens (tertiary/aromatic N) is 3. The van der Waals surface area contributed by atoms with Crippen LogP contribution in [0.15, 0.2) is 96.1 Å². The van der Waals surface area contributed by atoms with E-state index < -0.39 is 0 Å². The van der Waals surface area contributed by atoms with Crippen LogP contribution < -0.4 is 15.0 Å². The lowest BCUT2D eigenvalue weighted by molar-refractivity contribution is 0.282. The molecule has 0 atom stereocenters. The van der Waals surface area contributed by atoms with E-state index in [1.807, 2.05) is 77.5 Å². The van der Waals surface area contributed by atoms with Gasteiger partial charge in [-0.2, -0.15) is 0 Å². The second kappa shape index (κ2) is 13.9. The van der Waals surface area contributed by atoms with Crippen molar-refractivity contribution >= 4 is 0 Å². The molecular weight excluding hydrogens is 450 g/mol. The standard InChI is InChI=1S/C30H35N3O3/c34-29-24-30(33(27-18-11-8-12-19-27)32(29)26-16-9-7-10-17-26)36-23-14-6-4-2-1-3-5-13-22-35-28-20-15-21-31-25-28/h7-12,15-21,24-25H,1-6,13-14,22-23H2. The van der Waals surface area contributed by atoms with Crippen LogP contribution in [0.5, 0.6) is 11.6 Å². The number of unbranched alkanes of at least 4 members (excludes halogenated alkanes) is 7. The Kier molecular flexibility index (Phi) is 9.79. The largest absolute Gasteiger partial charge is 0.492 e. The van der Waals surface area contributed by atoms with Gasteiger partial charge in [0.15, 0.2) is 0 Å². The van der Waals surface area contributed by atoms with Crippen molar-refractivity contribution in [1.29, 1.82) is 0 Å². The minimum atomic E-state index is -0.106. The Morgan fingerprint density at radius 2 is 1.17 bits per heavy atom. The zero-order valence-corrected chi connectivity index (χ0v) is 20.8. The fourth-order valence-electron chi connectivity index (χ4n) is 4.22. The highest BCUT2D eigenvalue weighted by Crippen LogP contribution is 2.20. The topological polar surface area (TPSA) is 58.3 Å². The van der Waals surface area contributed by atoms with Crippen molar-refractivity contribution in [3.63, 3.8) is 0 Å². The zero-order valence-electron chi connectivity index (χ0n) is 20.8. The van der Waals surface area contributed by atoms with Gasteiger partial charge in [0.2, 0.25) is 5.88 Å². The molecular formula is C30H35N3O3. The van der Waals surface area contributed by atoms with Gasteiger partial charge in [-0.15, -0.1) is 0 Å². The molecule has 188 valence electrons. The number of pyridine rings is 1. The number of benzene rings is 2. The van der Waals surface area contributed by atoms with Gasteiger partial charge >= 0.3 is 0 Å². The SMILES string of the molecule is O=c1cc(OCCCCCCCCCCOc2cccnc2)n(-c2ccccc2)n1-c1ccccc1. The summed E-state index contributed by atoms with van der Waals surface area (Å²) in [6.07, 6.45) is 12.8. The fourth-order valence-corrected chi connectivity index (χ4v) is 4.22. The molecule has 2 aromatic heterocycles. The molecule has 2 aromatic carbocycles. The Labute approximate surface area is 213 Å². The van der Waals surface area contributed by atoms with Crippen LogP contribution in [0.25, 0.3) is 11.4 Å². The first kappa shape index (κ1) is 25.3. The molecule has 0 aliphatic rings. The van der Waals surface area contributed by atoms with Crippen LogP contribution in [0.3, 0.4) is 0 Å². The molecule has 0 saturated carbocycles. The molecule has 36 heavy (non-hydrogen) atoms. The molecule has 0 spiro atoms. The fraction of sp³-hybridized carbons (Fsp3) is 0.333. The van der Waals surface area contributed by atoms with Gasteiger partial charge in [0.1, 0.15) is 5.75 Å². The molecule has 0 radical (unpaired) electrons. The first-order valence-corrected chi connectivity index (χ1v) is 12.9. The van der Waals surface area contributed by atoms with Crippen LogP contribution in [-0.4, -0.2) is 27.6 Å². The Morgan fingerprint density at radius 1 is 0.611 bits per heavy atom. The molecule has 6 heteroatoms. The molecule has 6 nitrogen and oxygen atoms in total. The number of ether oxygens (including phenoxy) is 2. The van der Waals surface area contributed by atoms with Crippen LogP contribution in [0, 0.1) is 0 Å². The first-order valence-electron chi connectivity index (χ1n) is 12.9. The van der Waals surface area contributed by atoms with E-state index in [9.17, 15) is 4.79 Å². The Bertz CT molecular complexity index is 1200. The maximum absolute atomic E-state index is 12.9. The van der Waals surface area contributed by atoms with E-state index in [1.165, 1.54) is 32.1 Å². The van der Waals surface area contributed by atoms with Gasteiger partial charge in [-0.3, -0.25) is 9.78 Å². The first-order chi connectivity index (χ1) is 17.8. The molecule has 0 amide bonds. The van der Waals surface area contributed by atoms with E-state index in [2.05, 4.69) is 4.98 Å². The van der Waals surface area contributed by atoms with Crippen LogP contribution in [0.4, 0.5) is 0 Å². The normalized spacial score (nSPS) is 10.9. The van der Waals surface area contributed by atoms with E-state index >= 15 is 0 Å². The molecule has 0 aliphatic heterocycles. The van der Waals surface area contributed by atoms with Crippen molar-refractivity contribution in [2.75, 3.05) is 13.2 Å². The van der Waals surface area contributed by atoms with Crippen molar-refractivity contribution in [3.8, 4) is 23.0 Å². The molecule has 0 N–H and O–H groups in total. The minimum absolute atomic E-state index is 0.106. The van der Waals surface area contributed by atoms with Crippen LogP contribution in [0.2, 0.25) is 0 Å². The monoisotopic (exact) mass is 485 g/mol. The molecule has 0 unspecified atom stereocenters. The van der Waals surface area contributed by atoms with Crippen LogP contribution in [-0.2, 0) is 0 Å². The summed E-state index contributed by atoms with van der Waals surface area (Å²) in [6.45, 7) is 1.35. The maximum Gasteiger partial charge on any atom is 0.275 e. The predicted octanol–water partition coefficient (Wildman–Crippen LogP) is 6.60. The number of para-hydroxylation sites is 2. The Balaban J connectivity index is 1.17. The summed E-state index contributed by atoms with van der Waals surface area (Å²) >= 11 is 0. The third-order valence-electron chi connectivity index (χ3n) is 6.06. The van der Waals surface area contributed by atoms with E-state index in [0.29, 0.717) is 12.5 Å². The smallest absolute Gasteiger partial charge is 0.275 e. The second-order valence-corrected chi connectivity index (χ2v) is 8.83. The molecule has 0 aliphatic carbocycles. The average Bonchev–Trinajstić information content (AvgIpc) is 3.26. The number of hydrogen-bond donors (Lipinski definition) is 0. The summed E-state index contributed by atoms with van der Waals surface area (Å²) in [6, 6.07) is 24.9. The van der Waals surface area contributed by atoms with Crippen LogP contribution >= 0.6 is 0 Å². The van der Waals surface area contributed by atoms with E-state index in [4.69, 9.17) is 9.47 Å². The quantitative estimate of drug-likeness (QED) is 0.178. The number of rotatable bonds is 15. The van der Waals surface area contributed by atoms with E-state index in [1.54, 1.807) is 23.1 Å². The van der Waals surface area contributed by atoms with Gasteiger partial charge in [-0.1, -0.05) is 74.9 Å². The molecule has 0 bridgehead atoms. The van der Waals surface area contributed by atoms with Crippen molar-refractivity contribution in [3.05, 3.63) is 102 Å². The van der Waals surface area contributed by atoms with Crippen molar-refractivity contribution < 1.29 is 9.47 Å². The molecule has 2 heterocycles. The second-order valence-electron chi connectivity index (χ2n) is 8.83. The molecule has 0 fully saturated rings. The lowest BCUT2D eigenvalue weighted by Gasteiger charge is -2.15. The summed E-state index contributed by atoms with van der Waals surface area (Å²) in [5, 5.41) is 0. The van der Waals surface area contributed by atoms with Crippen LogP contribution in [0.1, 0.15) is 51.4 Å². The van der Waals surface area contributed by atoms with Gasteiger partial charge < -0.3 is 9.47 Å². The third kappa shape index (κ3) is 7.35. The van der Waals surface area contributed by atoms with E-state index in [0.717, 1.165) is 43.0 Å². The minimum Gasteiger partial charge on any atom is -0.492 e. The lowest BCUT2D eigenvalue weighted by Crippen LogP contribution is -2.20. The highest BCUT2D eigenvalue weighted by Gasteiger charge is 2.15. The average molecular weight is 486 g/mol. The van der Waals surface area contributed by atoms with Crippen molar-refractivity contribution in [2.45, 2.75) is 51.4 Å². The van der Waals surface area contributed by atoms with Gasteiger partial charge in [0.05, 0.1) is 36.9 Å². The number of aromatic nitrogens is 3. The molecule has 4 aromatic rings. The lowest BCUT2D eigenvalue weighted by atomic mass is 10.1. The van der Waals surface area contributed by atoms with Gasteiger partial charge in [0.25, 0.3) is 5.56 Å².